The van der Waals surface area contributed by atoms with Gasteiger partial charge in [-0.1, -0.05) is 51.3 Å². The second-order valence-electron chi connectivity index (χ2n) is 5.52. The number of nitrogens with zero attached hydrogens (tertiary/aromatic N) is 4. The fraction of sp³-hybridized carbons (Fsp3) is 0.923. The smallest absolute Gasteiger partial charge is 0.209 e. The van der Waals surface area contributed by atoms with Crippen LogP contribution in [0.1, 0.15) is 52.4 Å². The highest BCUT2D eigenvalue weighted by Gasteiger charge is 2.17. The highest BCUT2D eigenvalue weighted by Crippen LogP contribution is 2.31. The Morgan fingerprint density at radius 1 is 1.26 bits per heavy atom. The molecule has 1 heterocycles. The molecule has 0 aliphatic heterocycles. The van der Waals surface area contributed by atoms with Crippen LogP contribution < -0.4 is 5.32 Å². The van der Waals surface area contributed by atoms with Crippen molar-refractivity contribution in [1.82, 2.24) is 25.5 Å². The molecule has 0 amide bonds. The summed E-state index contributed by atoms with van der Waals surface area (Å²) in [6, 6.07) is 0.509. The summed E-state index contributed by atoms with van der Waals surface area (Å²) in [5.41, 5.74) is 0. The third-order valence-electron chi connectivity index (χ3n) is 3.45. The molecule has 0 saturated heterocycles. The lowest BCUT2D eigenvalue weighted by atomic mass is 10.2. The van der Waals surface area contributed by atoms with Crippen LogP contribution in [0.5, 0.6) is 0 Å². The first-order chi connectivity index (χ1) is 9.25. The summed E-state index contributed by atoms with van der Waals surface area (Å²) >= 11 is 1.87. The molecule has 0 atom stereocenters. The van der Waals surface area contributed by atoms with Crippen molar-refractivity contribution >= 4 is 11.8 Å². The summed E-state index contributed by atoms with van der Waals surface area (Å²) < 4.78 is 1.94. The third-order valence-corrected chi connectivity index (χ3v) is 4.76. The molecule has 1 aromatic rings. The van der Waals surface area contributed by atoms with E-state index in [1.165, 1.54) is 38.5 Å². The van der Waals surface area contributed by atoms with Crippen LogP contribution in [0.2, 0.25) is 0 Å². The van der Waals surface area contributed by atoms with Crippen LogP contribution in [0.4, 0.5) is 0 Å². The van der Waals surface area contributed by atoms with Crippen LogP contribution in [0.15, 0.2) is 5.16 Å². The number of tetrazole rings is 1. The van der Waals surface area contributed by atoms with Crippen LogP contribution in [-0.2, 0) is 6.54 Å². The Kier molecular flexibility index (Phi) is 6.10. The van der Waals surface area contributed by atoms with Crippen LogP contribution in [0, 0.1) is 0 Å². The molecule has 5 nitrogen and oxygen atoms in total. The first-order valence-electron chi connectivity index (χ1n) is 7.42. The Bertz CT molecular complexity index is 358. The molecular formula is C13H25N5S. The summed E-state index contributed by atoms with van der Waals surface area (Å²) in [6.07, 6.45) is 8.10. The average molecular weight is 283 g/mol. The van der Waals surface area contributed by atoms with Crippen molar-refractivity contribution in [2.24, 2.45) is 0 Å². The Hall–Kier alpha value is -0.620. The molecular weight excluding hydrogens is 258 g/mol. The summed E-state index contributed by atoms with van der Waals surface area (Å²) in [5, 5.41) is 17.2. The van der Waals surface area contributed by atoms with Crippen molar-refractivity contribution in [2.45, 2.75) is 75.4 Å². The van der Waals surface area contributed by atoms with Gasteiger partial charge in [-0.3, -0.25) is 0 Å². The van der Waals surface area contributed by atoms with Gasteiger partial charge in [-0.2, -0.15) is 0 Å². The highest BCUT2D eigenvalue weighted by molar-refractivity contribution is 7.99. The van der Waals surface area contributed by atoms with E-state index in [1.54, 1.807) is 0 Å². The van der Waals surface area contributed by atoms with E-state index in [0.717, 1.165) is 18.2 Å². The zero-order valence-corrected chi connectivity index (χ0v) is 12.8. The molecule has 0 unspecified atom stereocenters. The van der Waals surface area contributed by atoms with Crippen molar-refractivity contribution < 1.29 is 0 Å². The quantitative estimate of drug-likeness (QED) is 0.813. The van der Waals surface area contributed by atoms with E-state index in [2.05, 4.69) is 34.7 Å². The number of hydrogen-bond donors (Lipinski definition) is 1. The average Bonchev–Trinajstić information content (AvgIpc) is 2.64. The number of aromatic nitrogens is 4. The highest BCUT2D eigenvalue weighted by atomic mass is 32.2. The van der Waals surface area contributed by atoms with E-state index in [1.807, 2.05) is 16.4 Å². The third kappa shape index (κ3) is 5.10. The van der Waals surface area contributed by atoms with Gasteiger partial charge < -0.3 is 5.32 Å². The molecule has 2 rings (SSSR count). The number of nitrogens with one attached hydrogen (secondary N) is 1. The molecule has 0 spiro atoms. The van der Waals surface area contributed by atoms with Gasteiger partial charge in [0, 0.05) is 17.8 Å². The summed E-state index contributed by atoms with van der Waals surface area (Å²) in [4.78, 5) is 0. The predicted molar refractivity (Wildman–Crippen MR) is 78.3 cm³/mol. The first kappa shape index (κ1) is 14.8. The van der Waals surface area contributed by atoms with Gasteiger partial charge in [-0.15, -0.1) is 5.10 Å². The lowest BCUT2D eigenvalue weighted by Gasteiger charge is -2.13. The molecule has 1 aromatic heterocycles. The van der Waals surface area contributed by atoms with Crippen molar-refractivity contribution in [2.75, 3.05) is 6.54 Å². The van der Waals surface area contributed by atoms with Gasteiger partial charge >= 0.3 is 0 Å². The molecule has 108 valence electrons. The first-order valence-corrected chi connectivity index (χ1v) is 8.30. The SMILES string of the molecule is CC(C)NCCn1nnnc1SC1CCCCCC1. The topological polar surface area (TPSA) is 55.6 Å². The second kappa shape index (κ2) is 7.85. The molecule has 6 heteroatoms. The molecule has 1 aliphatic carbocycles. The summed E-state index contributed by atoms with van der Waals surface area (Å²) in [7, 11) is 0. The number of hydrogen-bond acceptors (Lipinski definition) is 5. The second-order valence-corrected chi connectivity index (χ2v) is 6.79. The maximum Gasteiger partial charge on any atom is 0.209 e. The van der Waals surface area contributed by atoms with Crippen LogP contribution in [0.3, 0.4) is 0 Å². The molecule has 1 N–H and O–H groups in total. The fourth-order valence-electron chi connectivity index (χ4n) is 2.39. The van der Waals surface area contributed by atoms with E-state index in [4.69, 9.17) is 0 Å². The zero-order valence-electron chi connectivity index (χ0n) is 12.0. The van der Waals surface area contributed by atoms with Gasteiger partial charge in [0.15, 0.2) is 0 Å². The molecule has 0 aromatic carbocycles. The number of rotatable bonds is 6. The van der Waals surface area contributed by atoms with Crippen molar-refractivity contribution in [3.05, 3.63) is 0 Å². The Balaban J connectivity index is 1.84. The minimum absolute atomic E-state index is 0.509. The van der Waals surface area contributed by atoms with E-state index < -0.39 is 0 Å². The largest absolute Gasteiger partial charge is 0.313 e. The normalized spacial score (nSPS) is 17.8. The van der Waals surface area contributed by atoms with Gasteiger partial charge in [0.2, 0.25) is 5.16 Å². The summed E-state index contributed by atoms with van der Waals surface area (Å²) in [5.74, 6) is 0. The van der Waals surface area contributed by atoms with Gasteiger partial charge in [0.25, 0.3) is 0 Å². The molecule has 0 radical (unpaired) electrons. The predicted octanol–water partition coefficient (Wildman–Crippen LogP) is 2.49. The van der Waals surface area contributed by atoms with E-state index in [0.29, 0.717) is 11.3 Å². The van der Waals surface area contributed by atoms with E-state index in [9.17, 15) is 0 Å². The summed E-state index contributed by atoms with van der Waals surface area (Å²) in [6.45, 7) is 6.07. The number of thioether (sulfide) groups is 1. The van der Waals surface area contributed by atoms with Crippen LogP contribution in [0.25, 0.3) is 0 Å². The fourth-order valence-corrected chi connectivity index (χ4v) is 3.59. The molecule has 19 heavy (non-hydrogen) atoms. The van der Waals surface area contributed by atoms with Crippen LogP contribution >= 0.6 is 11.8 Å². The minimum atomic E-state index is 0.509. The van der Waals surface area contributed by atoms with Gasteiger partial charge in [-0.25, -0.2) is 4.68 Å². The minimum Gasteiger partial charge on any atom is -0.313 e. The maximum atomic E-state index is 4.18. The molecule has 0 bridgehead atoms. The van der Waals surface area contributed by atoms with Crippen LogP contribution in [-0.4, -0.2) is 38.0 Å². The standard InChI is InChI=1S/C13H25N5S/c1-11(2)14-9-10-18-13(15-16-17-18)19-12-7-5-3-4-6-8-12/h11-12,14H,3-10H2,1-2H3. The van der Waals surface area contributed by atoms with Gasteiger partial charge in [0.05, 0.1) is 6.54 Å². The molecule has 1 fully saturated rings. The van der Waals surface area contributed by atoms with Crippen molar-refractivity contribution in [3.8, 4) is 0 Å². The zero-order chi connectivity index (χ0) is 13.5. The Morgan fingerprint density at radius 2 is 2.00 bits per heavy atom. The lowest BCUT2D eigenvalue weighted by molar-refractivity contribution is 0.484. The Labute approximate surface area is 119 Å². The lowest BCUT2D eigenvalue weighted by Crippen LogP contribution is -2.27. The van der Waals surface area contributed by atoms with Crippen molar-refractivity contribution in [3.63, 3.8) is 0 Å². The molecule has 1 saturated carbocycles. The maximum absolute atomic E-state index is 4.18. The van der Waals surface area contributed by atoms with E-state index >= 15 is 0 Å². The molecule has 1 aliphatic rings. The van der Waals surface area contributed by atoms with E-state index in [-0.39, 0.29) is 0 Å². The van der Waals surface area contributed by atoms with Gasteiger partial charge in [0.1, 0.15) is 0 Å². The monoisotopic (exact) mass is 283 g/mol. The van der Waals surface area contributed by atoms with Crippen molar-refractivity contribution in [1.29, 1.82) is 0 Å². The van der Waals surface area contributed by atoms with Gasteiger partial charge in [-0.05, 0) is 23.3 Å². The Morgan fingerprint density at radius 3 is 2.68 bits per heavy atom.